The van der Waals surface area contributed by atoms with Crippen molar-refractivity contribution in [2.75, 3.05) is 0 Å². The van der Waals surface area contributed by atoms with Gasteiger partial charge in [-0.25, -0.2) is 4.68 Å². The molecule has 0 aliphatic carbocycles. The zero-order chi connectivity index (χ0) is 20.3. The lowest BCUT2D eigenvalue weighted by molar-refractivity contribution is 0.475. The van der Waals surface area contributed by atoms with Crippen molar-refractivity contribution < 1.29 is 5.11 Å². The minimum absolute atomic E-state index is 0.245. The number of aromatic nitrogens is 2. The molecule has 0 aliphatic heterocycles. The van der Waals surface area contributed by atoms with Crippen LogP contribution < -0.4 is 0 Å². The molecule has 0 atom stereocenters. The molecule has 0 unspecified atom stereocenters. The number of phenols is 1. The fourth-order valence-corrected chi connectivity index (χ4v) is 3.74. The second-order valence-electron chi connectivity index (χ2n) is 7.10. The van der Waals surface area contributed by atoms with Crippen molar-refractivity contribution in [2.24, 2.45) is 0 Å². The molecular weight excluding hydrogens is 368 g/mol. The van der Waals surface area contributed by atoms with E-state index in [-0.39, 0.29) is 5.75 Å². The third-order valence-electron chi connectivity index (χ3n) is 5.14. The molecule has 4 aromatic carbocycles. The standard InChI is InChI=1S/C27H20N2O/c30-24-18-16-22(17-19-24)27-25(20-10-4-1-5-11-20)26(21-12-6-2-7-13-21)28-29(27)23-14-8-3-9-15-23/h1-19,30H. The number of hydrogen-bond acceptors (Lipinski definition) is 2. The Morgan fingerprint density at radius 1 is 0.533 bits per heavy atom. The molecule has 0 radical (unpaired) electrons. The molecule has 5 aromatic rings. The van der Waals surface area contributed by atoms with Gasteiger partial charge in [0.25, 0.3) is 0 Å². The lowest BCUT2D eigenvalue weighted by atomic mass is 9.95. The molecule has 144 valence electrons. The van der Waals surface area contributed by atoms with Gasteiger partial charge in [-0.3, -0.25) is 0 Å². The minimum atomic E-state index is 0.245. The van der Waals surface area contributed by atoms with E-state index >= 15 is 0 Å². The van der Waals surface area contributed by atoms with E-state index in [4.69, 9.17) is 5.10 Å². The zero-order valence-electron chi connectivity index (χ0n) is 16.3. The van der Waals surface area contributed by atoms with E-state index in [1.165, 1.54) is 0 Å². The number of phenolic OH excluding ortho intramolecular Hbond substituents is 1. The summed E-state index contributed by atoms with van der Waals surface area (Å²) in [6, 6.07) is 38.1. The molecule has 1 aromatic heterocycles. The summed E-state index contributed by atoms with van der Waals surface area (Å²) in [7, 11) is 0. The first-order valence-electron chi connectivity index (χ1n) is 9.90. The van der Waals surface area contributed by atoms with Crippen LogP contribution in [0.3, 0.4) is 0 Å². The fourth-order valence-electron chi connectivity index (χ4n) is 3.74. The predicted molar refractivity (Wildman–Crippen MR) is 122 cm³/mol. The van der Waals surface area contributed by atoms with Crippen molar-refractivity contribution in [3.05, 3.63) is 115 Å². The summed E-state index contributed by atoms with van der Waals surface area (Å²) in [4.78, 5) is 0. The van der Waals surface area contributed by atoms with Crippen molar-refractivity contribution in [1.29, 1.82) is 0 Å². The Morgan fingerprint density at radius 2 is 1.07 bits per heavy atom. The summed E-state index contributed by atoms with van der Waals surface area (Å²) >= 11 is 0. The summed E-state index contributed by atoms with van der Waals surface area (Å²) < 4.78 is 2.00. The second-order valence-corrected chi connectivity index (χ2v) is 7.10. The average molecular weight is 388 g/mol. The SMILES string of the molecule is Oc1ccc(-c2c(-c3ccccc3)c(-c3ccccc3)nn2-c2ccccc2)cc1. The normalized spacial score (nSPS) is 10.8. The van der Waals surface area contributed by atoms with Crippen molar-refractivity contribution >= 4 is 0 Å². The van der Waals surface area contributed by atoms with Crippen LogP contribution in [0.15, 0.2) is 115 Å². The van der Waals surface area contributed by atoms with Crippen molar-refractivity contribution in [1.82, 2.24) is 9.78 Å². The quantitative estimate of drug-likeness (QED) is 0.378. The maximum Gasteiger partial charge on any atom is 0.115 e. The van der Waals surface area contributed by atoms with Gasteiger partial charge in [0, 0.05) is 16.7 Å². The summed E-state index contributed by atoms with van der Waals surface area (Å²) in [5.74, 6) is 0.245. The van der Waals surface area contributed by atoms with Crippen molar-refractivity contribution in [3.63, 3.8) is 0 Å². The minimum Gasteiger partial charge on any atom is -0.508 e. The molecule has 30 heavy (non-hydrogen) atoms. The predicted octanol–water partition coefficient (Wildman–Crippen LogP) is 6.58. The number of hydrogen-bond donors (Lipinski definition) is 1. The number of benzene rings is 4. The Morgan fingerprint density at radius 3 is 1.67 bits per heavy atom. The average Bonchev–Trinajstić information content (AvgIpc) is 3.22. The number of rotatable bonds is 4. The second kappa shape index (κ2) is 7.72. The number of para-hydroxylation sites is 1. The zero-order valence-corrected chi connectivity index (χ0v) is 16.3. The third kappa shape index (κ3) is 3.27. The van der Waals surface area contributed by atoms with Gasteiger partial charge in [0.2, 0.25) is 0 Å². The lowest BCUT2D eigenvalue weighted by Crippen LogP contribution is -1.99. The molecule has 0 aliphatic rings. The van der Waals surface area contributed by atoms with Crippen LogP contribution in [0.25, 0.3) is 39.3 Å². The third-order valence-corrected chi connectivity index (χ3v) is 5.14. The van der Waals surface area contributed by atoms with Crippen LogP contribution in [0.4, 0.5) is 0 Å². The van der Waals surface area contributed by atoms with Crippen LogP contribution in [0.2, 0.25) is 0 Å². The molecule has 3 heteroatoms. The maximum absolute atomic E-state index is 9.84. The smallest absolute Gasteiger partial charge is 0.115 e. The van der Waals surface area contributed by atoms with Gasteiger partial charge in [-0.05, 0) is 42.0 Å². The monoisotopic (exact) mass is 388 g/mol. The highest BCUT2D eigenvalue weighted by Crippen LogP contribution is 2.41. The summed E-state index contributed by atoms with van der Waals surface area (Å²) in [5.41, 5.74) is 7.12. The molecule has 0 bridgehead atoms. The molecule has 0 saturated carbocycles. The lowest BCUT2D eigenvalue weighted by Gasteiger charge is -2.11. The Hall–Kier alpha value is -4.11. The van der Waals surface area contributed by atoms with Gasteiger partial charge in [0.05, 0.1) is 11.4 Å². The molecule has 3 nitrogen and oxygen atoms in total. The van der Waals surface area contributed by atoms with E-state index in [1.54, 1.807) is 12.1 Å². The topological polar surface area (TPSA) is 38.1 Å². The highest BCUT2D eigenvalue weighted by molar-refractivity contribution is 5.92. The first-order chi connectivity index (χ1) is 14.8. The Labute approximate surface area is 175 Å². The van der Waals surface area contributed by atoms with Crippen molar-refractivity contribution in [2.45, 2.75) is 0 Å². The molecular formula is C27H20N2O. The molecule has 0 fully saturated rings. The van der Waals surface area contributed by atoms with Crippen LogP contribution in [0.1, 0.15) is 0 Å². The molecule has 1 heterocycles. The van der Waals surface area contributed by atoms with E-state index < -0.39 is 0 Å². The van der Waals surface area contributed by atoms with E-state index in [0.717, 1.165) is 39.3 Å². The number of nitrogens with zero attached hydrogens (tertiary/aromatic N) is 2. The first kappa shape index (κ1) is 18.0. The van der Waals surface area contributed by atoms with Gasteiger partial charge >= 0.3 is 0 Å². The molecule has 5 rings (SSSR count). The van der Waals surface area contributed by atoms with Gasteiger partial charge in [-0.1, -0.05) is 78.9 Å². The van der Waals surface area contributed by atoms with Gasteiger partial charge in [-0.15, -0.1) is 0 Å². The maximum atomic E-state index is 9.84. The molecule has 1 N–H and O–H groups in total. The summed E-state index contributed by atoms with van der Waals surface area (Å²) in [5, 5.41) is 14.9. The summed E-state index contributed by atoms with van der Waals surface area (Å²) in [6.07, 6.45) is 0. The fraction of sp³-hybridized carbons (Fsp3) is 0. The van der Waals surface area contributed by atoms with E-state index in [9.17, 15) is 5.11 Å². The van der Waals surface area contributed by atoms with Crippen molar-refractivity contribution in [3.8, 4) is 45.1 Å². The highest BCUT2D eigenvalue weighted by Gasteiger charge is 2.22. The van der Waals surface area contributed by atoms with Crippen LogP contribution in [0.5, 0.6) is 5.75 Å². The van der Waals surface area contributed by atoms with Gasteiger partial charge in [0.1, 0.15) is 11.4 Å². The summed E-state index contributed by atoms with van der Waals surface area (Å²) in [6.45, 7) is 0. The van der Waals surface area contributed by atoms with Gasteiger partial charge in [-0.2, -0.15) is 5.10 Å². The Kier molecular flexibility index (Phi) is 4.62. The molecule has 0 spiro atoms. The van der Waals surface area contributed by atoms with E-state index in [2.05, 4.69) is 36.4 Å². The highest BCUT2D eigenvalue weighted by atomic mass is 16.3. The largest absolute Gasteiger partial charge is 0.508 e. The molecule has 0 amide bonds. The Balaban J connectivity index is 1.88. The van der Waals surface area contributed by atoms with E-state index in [1.807, 2.05) is 71.4 Å². The van der Waals surface area contributed by atoms with Gasteiger partial charge < -0.3 is 5.11 Å². The van der Waals surface area contributed by atoms with Crippen LogP contribution >= 0.6 is 0 Å². The van der Waals surface area contributed by atoms with E-state index in [0.29, 0.717) is 0 Å². The van der Waals surface area contributed by atoms with Crippen LogP contribution in [-0.4, -0.2) is 14.9 Å². The van der Waals surface area contributed by atoms with Crippen LogP contribution in [-0.2, 0) is 0 Å². The van der Waals surface area contributed by atoms with Gasteiger partial charge in [0.15, 0.2) is 0 Å². The molecule has 0 saturated heterocycles. The Bertz CT molecular complexity index is 1260. The number of aromatic hydroxyl groups is 1. The van der Waals surface area contributed by atoms with Crippen LogP contribution in [0, 0.1) is 0 Å². The first-order valence-corrected chi connectivity index (χ1v) is 9.90.